The largest absolute Gasteiger partial charge is 0.316 e. The Morgan fingerprint density at radius 2 is 2.35 bits per heavy atom. The fourth-order valence-corrected chi connectivity index (χ4v) is 2.39. The lowest BCUT2D eigenvalue weighted by Crippen LogP contribution is -2.32. The van der Waals surface area contributed by atoms with Crippen molar-refractivity contribution in [2.45, 2.75) is 19.4 Å². The molecule has 0 radical (unpaired) electrons. The van der Waals surface area contributed by atoms with Gasteiger partial charge in [0, 0.05) is 12.7 Å². The Labute approximate surface area is 107 Å². The van der Waals surface area contributed by atoms with Crippen LogP contribution in [0.2, 0.25) is 0 Å². The molecule has 2 aromatic rings. The molecule has 0 spiro atoms. The van der Waals surface area contributed by atoms with Crippen LogP contribution >= 0.6 is 12.4 Å². The van der Waals surface area contributed by atoms with Crippen LogP contribution in [0.3, 0.4) is 0 Å². The monoisotopic (exact) mass is 252 g/mol. The normalized spacial score (nSPS) is 20.1. The standard InChI is InChI=1S/C12H16N4.ClH/c1-3-10(7-13-5-1)8-16-9-15-11-4-2-6-14-12(11)16;/h2,4,6,9-10,13H,1,3,5,7-8H2;1H. The van der Waals surface area contributed by atoms with Gasteiger partial charge >= 0.3 is 0 Å². The third-order valence-corrected chi connectivity index (χ3v) is 3.23. The lowest BCUT2D eigenvalue weighted by atomic mass is 10.00. The number of hydrogen-bond donors (Lipinski definition) is 1. The van der Waals surface area contributed by atoms with Crippen molar-refractivity contribution in [1.82, 2.24) is 19.9 Å². The zero-order chi connectivity index (χ0) is 10.8. The van der Waals surface area contributed by atoms with Gasteiger partial charge < -0.3 is 9.88 Å². The van der Waals surface area contributed by atoms with Crippen LogP contribution in [0.25, 0.3) is 11.2 Å². The summed E-state index contributed by atoms with van der Waals surface area (Å²) in [4.78, 5) is 8.75. The number of nitrogens with one attached hydrogen (secondary N) is 1. The molecule has 3 rings (SSSR count). The van der Waals surface area contributed by atoms with Crippen molar-refractivity contribution >= 4 is 23.6 Å². The van der Waals surface area contributed by atoms with Gasteiger partial charge in [-0.1, -0.05) is 0 Å². The summed E-state index contributed by atoms with van der Waals surface area (Å²) >= 11 is 0. The predicted octanol–water partition coefficient (Wildman–Crippen LogP) is 1.85. The van der Waals surface area contributed by atoms with E-state index < -0.39 is 0 Å². The van der Waals surface area contributed by atoms with E-state index in [0.29, 0.717) is 5.92 Å². The van der Waals surface area contributed by atoms with Crippen LogP contribution in [0.4, 0.5) is 0 Å². The Balaban J connectivity index is 0.00000108. The Morgan fingerprint density at radius 3 is 3.18 bits per heavy atom. The molecule has 0 saturated carbocycles. The number of fused-ring (bicyclic) bond motifs is 1. The molecule has 1 unspecified atom stereocenters. The van der Waals surface area contributed by atoms with Crippen LogP contribution in [-0.2, 0) is 6.54 Å². The molecule has 1 fully saturated rings. The summed E-state index contributed by atoms with van der Waals surface area (Å²) in [5.74, 6) is 0.716. The Bertz CT molecular complexity index is 476. The van der Waals surface area contributed by atoms with Crippen molar-refractivity contribution in [1.29, 1.82) is 0 Å². The maximum absolute atomic E-state index is 4.39. The Kier molecular flexibility index (Phi) is 3.97. The average molecular weight is 253 g/mol. The van der Waals surface area contributed by atoms with Gasteiger partial charge in [-0.15, -0.1) is 12.4 Å². The maximum atomic E-state index is 4.39. The summed E-state index contributed by atoms with van der Waals surface area (Å²) in [6.07, 6.45) is 6.33. The first-order valence-corrected chi connectivity index (χ1v) is 5.90. The predicted molar refractivity (Wildman–Crippen MR) is 70.4 cm³/mol. The number of halogens is 1. The van der Waals surface area contributed by atoms with Gasteiger partial charge in [-0.05, 0) is 44.0 Å². The lowest BCUT2D eigenvalue weighted by molar-refractivity contribution is 0.339. The summed E-state index contributed by atoms with van der Waals surface area (Å²) < 4.78 is 2.17. The Morgan fingerprint density at radius 1 is 1.41 bits per heavy atom. The third kappa shape index (κ3) is 2.58. The number of nitrogens with zero attached hydrogens (tertiary/aromatic N) is 3. The molecule has 1 atom stereocenters. The SMILES string of the molecule is Cl.c1cnc2c(c1)ncn2CC1CCCNC1. The fourth-order valence-electron chi connectivity index (χ4n) is 2.39. The molecule has 4 nitrogen and oxygen atoms in total. The fraction of sp³-hybridized carbons (Fsp3) is 0.500. The number of pyridine rings is 1. The average Bonchev–Trinajstić information content (AvgIpc) is 2.74. The van der Waals surface area contributed by atoms with Crippen LogP contribution in [0.5, 0.6) is 0 Å². The second-order valence-corrected chi connectivity index (χ2v) is 4.46. The van der Waals surface area contributed by atoms with Crippen LogP contribution in [0.1, 0.15) is 12.8 Å². The van der Waals surface area contributed by atoms with E-state index in [-0.39, 0.29) is 12.4 Å². The van der Waals surface area contributed by atoms with Gasteiger partial charge in [0.05, 0.1) is 6.33 Å². The zero-order valence-electron chi connectivity index (χ0n) is 9.67. The van der Waals surface area contributed by atoms with E-state index in [0.717, 1.165) is 24.3 Å². The number of rotatable bonds is 2. The number of imidazole rings is 1. The summed E-state index contributed by atoms with van der Waals surface area (Å²) in [6, 6.07) is 3.94. The molecule has 92 valence electrons. The molecule has 0 bridgehead atoms. The summed E-state index contributed by atoms with van der Waals surface area (Å²) in [5.41, 5.74) is 2.00. The smallest absolute Gasteiger partial charge is 0.159 e. The van der Waals surface area contributed by atoms with Crippen molar-refractivity contribution in [3.8, 4) is 0 Å². The molecule has 1 aliphatic rings. The first-order chi connectivity index (χ1) is 7.93. The molecule has 1 aliphatic heterocycles. The van der Waals surface area contributed by atoms with E-state index in [9.17, 15) is 0 Å². The highest BCUT2D eigenvalue weighted by Crippen LogP contribution is 2.15. The number of hydrogen-bond acceptors (Lipinski definition) is 3. The topological polar surface area (TPSA) is 42.7 Å². The summed E-state index contributed by atoms with van der Waals surface area (Å²) in [6.45, 7) is 3.31. The molecule has 17 heavy (non-hydrogen) atoms. The minimum absolute atomic E-state index is 0. The quantitative estimate of drug-likeness (QED) is 0.887. The number of piperidine rings is 1. The van der Waals surface area contributed by atoms with Gasteiger partial charge in [0.25, 0.3) is 0 Å². The zero-order valence-corrected chi connectivity index (χ0v) is 10.5. The molecule has 0 amide bonds. The summed E-state index contributed by atoms with van der Waals surface area (Å²) in [7, 11) is 0. The summed E-state index contributed by atoms with van der Waals surface area (Å²) in [5, 5.41) is 3.44. The van der Waals surface area contributed by atoms with Gasteiger partial charge in [-0.2, -0.15) is 0 Å². The van der Waals surface area contributed by atoms with Crippen molar-refractivity contribution in [3.05, 3.63) is 24.7 Å². The maximum Gasteiger partial charge on any atom is 0.159 e. The molecular weight excluding hydrogens is 236 g/mol. The van der Waals surface area contributed by atoms with Crippen molar-refractivity contribution in [3.63, 3.8) is 0 Å². The number of aromatic nitrogens is 3. The van der Waals surface area contributed by atoms with Crippen molar-refractivity contribution < 1.29 is 0 Å². The van der Waals surface area contributed by atoms with Crippen LogP contribution in [0, 0.1) is 5.92 Å². The van der Waals surface area contributed by atoms with Gasteiger partial charge in [0.1, 0.15) is 5.52 Å². The van der Waals surface area contributed by atoms with Crippen molar-refractivity contribution in [2.75, 3.05) is 13.1 Å². The van der Waals surface area contributed by atoms with E-state index in [2.05, 4.69) is 19.9 Å². The minimum atomic E-state index is 0. The molecule has 3 heterocycles. The molecule has 2 aromatic heterocycles. The second-order valence-electron chi connectivity index (χ2n) is 4.46. The molecular formula is C12H17ClN4. The van der Waals surface area contributed by atoms with Gasteiger partial charge in [0.15, 0.2) is 5.65 Å². The highest BCUT2D eigenvalue weighted by molar-refractivity contribution is 5.85. The molecule has 0 aliphatic carbocycles. The highest BCUT2D eigenvalue weighted by Gasteiger charge is 2.14. The third-order valence-electron chi connectivity index (χ3n) is 3.23. The molecule has 0 aromatic carbocycles. The van der Waals surface area contributed by atoms with E-state index in [4.69, 9.17) is 0 Å². The van der Waals surface area contributed by atoms with Gasteiger partial charge in [-0.3, -0.25) is 0 Å². The first kappa shape index (κ1) is 12.3. The minimum Gasteiger partial charge on any atom is -0.316 e. The van der Waals surface area contributed by atoms with Crippen LogP contribution in [-0.4, -0.2) is 27.6 Å². The van der Waals surface area contributed by atoms with Gasteiger partial charge in [-0.25, -0.2) is 9.97 Å². The lowest BCUT2D eigenvalue weighted by Gasteiger charge is -2.22. The highest BCUT2D eigenvalue weighted by atomic mass is 35.5. The Hall–Kier alpha value is -1.13. The molecule has 1 N–H and O–H groups in total. The van der Waals surface area contributed by atoms with Crippen LogP contribution < -0.4 is 5.32 Å². The molecule has 5 heteroatoms. The van der Waals surface area contributed by atoms with Crippen LogP contribution in [0.15, 0.2) is 24.7 Å². The molecule has 1 saturated heterocycles. The van der Waals surface area contributed by atoms with E-state index in [1.807, 2.05) is 24.7 Å². The second kappa shape index (κ2) is 5.47. The van der Waals surface area contributed by atoms with E-state index in [1.54, 1.807) is 0 Å². The van der Waals surface area contributed by atoms with Gasteiger partial charge in [0.2, 0.25) is 0 Å². The first-order valence-electron chi connectivity index (χ1n) is 5.90. The van der Waals surface area contributed by atoms with Crippen molar-refractivity contribution in [2.24, 2.45) is 5.92 Å². The van der Waals surface area contributed by atoms with E-state index in [1.165, 1.54) is 19.4 Å². The van der Waals surface area contributed by atoms with E-state index >= 15 is 0 Å².